The van der Waals surface area contributed by atoms with Gasteiger partial charge in [0, 0.05) is 26.7 Å². The van der Waals surface area contributed by atoms with Gasteiger partial charge in [0.1, 0.15) is 0 Å². The van der Waals surface area contributed by atoms with Gasteiger partial charge in [0.25, 0.3) is 10.2 Å². The van der Waals surface area contributed by atoms with Crippen LogP contribution in [0.15, 0.2) is 0 Å². The highest BCUT2D eigenvalue weighted by Crippen LogP contribution is 2.08. The summed E-state index contributed by atoms with van der Waals surface area (Å²) in [5, 5.41) is 8.44. The summed E-state index contributed by atoms with van der Waals surface area (Å²) in [4.78, 5) is 10.3. The van der Waals surface area contributed by atoms with Gasteiger partial charge in [0.05, 0.1) is 6.42 Å². The van der Waals surface area contributed by atoms with E-state index < -0.39 is 16.2 Å². The van der Waals surface area contributed by atoms with Gasteiger partial charge in [-0.2, -0.15) is 17.0 Å². The molecular formula is C8H18N2O4S. The molecule has 90 valence electrons. The van der Waals surface area contributed by atoms with Crippen LogP contribution in [0.1, 0.15) is 20.3 Å². The van der Waals surface area contributed by atoms with Gasteiger partial charge in [-0.3, -0.25) is 4.79 Å². The van der Waals surface area contributed by atoms with Crippen molar-refractivity contribution in [3.8, 4) is 0 Å². The van der Waals surface area contributed by atoms with Crippen LogP contribution in [0, 0.1) is 0 Å². The second-order valence-electron chi connectivity index (χ2n) is 3.58. The number of hydrogen-bond donors (Lipinski definition) is 1. The predicted molar refractivity (Wildman–Crippen MR) is 56.7 cm³/mol. The van der Waals surface area contributed by atoms with Crippen molar-refractivity contribution in [1.82, 2.24) is 8.61 Å². The molecule has 0 aromatic rings. The Hall–Kier alpha value is -0.660. The molecule has 6 nitrogen and oxygen atoms in total. The zero-order valence-corrected chi connectivity index (χ0v) is 10.3. The van der Waals surface area contributed by atoms with Gasteiger partial charge in [0.15, 0.2) is 0 Å². The summed E-state index contributed by atoms with van der Waals surface area (Å²) in [5.74, 6) is -1.01. The fourth-order valence-electron chi connectivity index (χ4n) is 0.855. The van der Waals surface area contributed by atoms with Gasteiger partial charge in [0.2, 0.25) is 0 Å². The molecule has 7 heteroatoms. The third-order valence-electron chi connectivity index (χ3n) is 2.13. The van der Waals surface area contributed by atoms with E-state index in [1.807, 2.05) is 0 Å². The summed E-state index contributed by atoms with van der Waals surface area (Å²) in [6.45, 7) is 3.49. The van der Waals surface area contributed by atoms with Gasteiger partial charge in [-0.05, 0) is 13.8 Å². The predicted octanol–water partition coefficient (Wildman–Crippen LogP) is -0.0221. The molecule has 0 aromatic heterocycles. The molecule has 0 aromatic carbocycles. The zero-order chi connectivity index (χ0) is 12.2. The third-order valence-corrected chi connectivity index (χ3v) is 4.25. The fourth-order valence-corrected chi connectivity index (χ4v) is 2.15. The van der Waals surface area contributed by atoms with Crippen molar-refractivity contribution in [2.24, 2.45) is 0 Å². The standard InChI is InChI=1S/C8H18N2O4S/c1-7(2)10(4)15(13,14)9(3)6-5-8(11)12/h7H,5-6H2,1-4H3,(H,11,12). The number of nitrogens with zero attached hydrogens (tertiary/aromatic N) is 2. The first-order chi connectivity index (χ1) is 6.69. The molecule has 0 aliphatic carbocycles. The SMILES string of the molecule is CC(C)N(C)S(=O)(=O)N(C)CCC(=O)O. The Morgan fingerprint density at radius 2 is 1.80 bits per heavy atom. The van der Waals surface area contributed by atoms with E-state index in [-0.39, 0.29) is 19.0 Å². The molecule has 1 N–H and O–H groups in total. The van der Waals surface area contributed by atoms with Gasteiger partial charge in [-0.25, -0.2) is 0 Å². The van der Waals surface area contributed by atoms with Crippen molar-refractivity contribution in [3.63, 3.8) is 0 Å². The molecule has 0 fully saturated rings. The first-order valence-corrected chi connectivity index (χ1v) is 6.00. The number of carboxylic acid groups (broad SMARTS) is 1. The Morgan fingerprint density at radius 3 is 2.13 bits per heavy atom. The summed E-state index contributed by atoms with van der Waals surface area (Å²) in [6, 6.07) is -0.151. The molecule has 0 unspecified atom stereocenters. The molecule has 0 amide bonds. The van der Waals surface area contributed by atoms with Crippen molar-refractivity contribution in [3.05, 3.63) is 0 Å². The Morgan fingerprint density at radius 1 is 1.33 bits per heavy atom. The van der Waals surface area contributed by atoms with Crippen LogP contribution in [0.2, 0.25) is 0 Å². The highest BCUT2D eigenvalue weighted by Gasteiger charge is 2.25. The lowest BCUT2D eigenvalue weighted by atomic mass is 10.4. The molecule has 15 heavy (non-hydrogen) atoms. The lowest BCUT2D eigenvalue weighted by Gasteiger charge is -2.26. The molecule has 0 radical (unpaired) electrons. The number of carboxylic acids is 1. The highest BCUT2D eigenvalue weighted by atomic mass is 32.2. The maximum Gasteiger partial charge on any atom is 0.304 e. The average Bonchev–Trinajstić information content (AvgIpc) is 2.12. The Kier molecular flexibility index (Phi) is 5.19. The van der Waals surface area contributed by atoms with Gasteiger partial charge in [-0.15, -0.1) is 0 Å². The Labute approximate surface area is 90.7 Å². The molecule has 0 aliphatic rings. The number of rotatable bonds is 6. The second-order valence-corrected chi connectivity index (χ2v) is 5.68. The molecule has 0 aliphatic heterocycles. The zero-order valence-electron chi connectivity index (χ0n) is 9.47. The van der Waals surface area contributed by atoms with E-state index in [1.165, 1.54) is 18.4 Å². The maximum absolute atomic E-state index is 11.7. The lowest BCUT2D eigenvalue weighted by molar-refractivity contribution is -0.137. The van der Waals surface area contributed by atoms with E-state index in [2.05, 4.69) is 0 Å². The third kappa shape index (κ3) is 4.15. The van der Waals surface area contributed by atoms with E-state index in [1.54, 1.807) is 13.8 Å². The van der Waals surface area contributed by atoms with Crippen LogP contribution in [0.5, 0.6) is 0 Å². The van der Waals surface area contributed by atoms with Gasteiger partial charge >= 0.3 is 5.97 Å². The molecule has 0 heterocycles. The molecule has 0 bridgehead atoms. The molecular weight excluding hydrogens is 220 g/mol. The van der Waals surface area contributed by atoms with E-state index >= 15 is 0 Å². The summed E-state index contributed by atoms with van der Waals surface area (Å²) < 4.78 is 25.7. The molecule has 0 rings (SSSR count). The fraction of sp³-hybridized carbons (Fsp3) is 0.875. The van der Waals surface area contributed by atoms with Crippen LogP contribution in [-0.4, -0.2) is 54.8 Å². The molecule has 0 saturated carbocycles. The van der Waals surface area contributed by atoms with E-state index in [9.17, 15) is 13.2 Å². The minimum absolute atomic E-state index is 0.0191. The van der Waals surface area contributed by atoms with Crippen molar-refractivity contribution in [1.29, 1.82) is 0 Å². The topological polar surface area (TPSA) is 77.9 Å². The highest BCUT2D eigenvalue weighted by molar-refractivity contribution is 7.86. The van der Waals surface area contributed by atoms with Crippen molar-refractivity contribution < 1.29 is 18.3 Å². The quantitative estimate of drug-likeness (QED) is 0.705. The Balaban J connectivity index is 4.52. The summed E-state index contributed by atoms with van der Waals surface area (Å²) in [5.41, 5.74) is 0. The number of hydrogen-bond acceptors (Lipinski definition) is 3. The lowest BCUT2D eigenvalue weighted by Crippen LogP contribution is -2.43. The van der Waals surface area contributed by atoms with Crippen LogP contribution in [0.4, 0.5) is 0 Å². The average molecular weight is 238 g/mol. The van der Waals surface area contributed by atoms with Gasteiger partial charge < -0.3 is 5.11 Å². The van der Waals surface area contributed by atoms with E-state index in [0.29, 0.717) is 0 Å². The monoisotopic (exact) mass is 238 g/mol. The summed E-state index contributed by atoms with van der Waals surface area (Å²) in [6.07, 6.45) is -0.193. The smallest absolute Gasteiger partial charge is 0.304 e. The Bertz CT molecular complexity index is 313. The van der Waals surface area contributed by atoms with Crippen molar-refractivity contribution in [2.45, 2.75) is 26.3 Å². The van der Waals surface area contributed by atoms with E-state index in [0.717, 1.165) is 4.31 Å². The number of carbonyl (C=O) groups is 1. The molecule has 0 spiro atoms. The number of aliphatic carboxylic acids is 1. The maximum atomic E-state index is 11.7. The van der Waals surface area contributed by atoms with E-state index in [4.69, 9.17) is 5.11 Å². The van der Waals surface area contributed by atoms with Crippen LogP contribution in [-0.2, 0) is 15.0 Å². The molecule has 0 saturated heterocycles. The minimum atomic E-state index is -3.53. The van der Waals surface area contributed by atoms with Crippen LogP contribution in [0.25, 0.3) is 0 Å². The largest absolute Gasteiger partial charge is 0.481 e. The summed E-state index contributed by atoms with van der Waals surface area (Å²) in [7, 11) is -0.689. The minimum Gasteiger partial charge on any atom is -0.481 e. The first kappa shape index (κ1) is 14.3. The molecule has 0 atom stereocenters. The van der Waals surface area contributed by atoms with Crippen molar-refractivity contribution >= 4 is 16.2 Å². The van der Waals surface area contributed by atoms with Crippen LogP contribution >= 0.6 is 0 Å². The normalized spacial score (nSPS) is 12.7. The first-order valence-electron chi connectivity index (χ1n) is 4.60. The van der Waals surface area contributed by atoms with Crippen LogP contribution < -0.4 is 0 Å². The van der Waals surface area contributed by atoms with Crippen molar-refractivity contribution in [2.75, 3.05) is 20.6 Å². The summed E-state index contributed by atoms with van der Waals surface area (Å²) >= 11 is 0. The van der Waals surface area contributed by atoms with Crippen LogP contribution in [0.3, 0.4) is 0 Å². The second kappa shape index (κ2) is 5.43. The van der Waals surface area contributed by atoms with Gasteiger partial charge in [-0.1, -0.05) is 0 Å².